The van der Waals surface area contributed by atoms with Crippen molar-refractivity contribution in [3.8, 4) is 5.75 Å². The summed E-state index contributed by atoms with van der Waals surface area (Å²) in [6.45, 7) is 0.305. The third-order valence-corrected chi connectivity index (χ3v) is 5.28. The first kappa shape index (κ1) is 21.2. The maximum Gasteiger partial charge on any atom is 0.412 e. The van der Waals surface area contributed by atoms with Gasteiger partial charge < -0.3 is 15.2 Å². The largest absolute Gasteiger partial charge is 0.412 e. The van der Waals surface area contributed by atoms with Crippen molar-refractivity contribution >= 4 is 29.6 Å². The zero-order chi connectivity index (χ0) is 17.8. The Morgan fingerprint density at radius 1 is 1.04 bits per heavy atom. The molecule has 0 heterocycles. The molecule has 0 bridgehead atoms. The molecule has 1 aromatic rings. The van der Waals surface area contributed by atoms with Gasteiger partial charge in [0, 0.05) is 13.7 Å². The van der Waals surface area contributed by atoms with Crippen LogP contribution in [-0.2, 0) is 6.42 Å². The summed E-state index contributed by atoms with van der Waals surface area (Å²) in [7, 11) is 1.56. The Hall–Kier alpha value is -0.850. The molecule has 6 heteroatoms. The molecule has 0 radical (unpaired) electrons. The highest BCUT2D eigenvalue weighted by Crippen LogP contribution is 2.38. The fourth-order valence-corrected chi connectivity index (χ4v) is 3.75. The smallest absolute Gasteiger partial charge is 0.408 e. The van der Waals surface area contributed by atoms with E-state index in [9.17, 15) is 4.79 Å². The van der Waals surface area contributed by atoms with Crippen LogP contribution >= 0.6 is 23.5 Å². The number of ether oxygens (including phenoxy) is 1. The number of aliphatic hydroxyl groups is 1. The molecule has 1 amide bonds. The summed E-state index contributed by atoms with van der Waals surface area (Å²) in [5.74, 6) is 0.655. The minimum atomic E-state index is -0.434. The number of nitrogens with one attached hydrogen (secondary N) is 1. The number of aryl methyl sites for hydroxylation is 1. The van der Waals surface area contributed by atoms with Gasteiger partial charge in [0.25, 0.3) is 0 Å². The van der Waals surface area contributed by atoms with E-state index in [1.807, 2.05) is 12.5 Å². The highest BCUT2D eigenvalue weighted by molar-refractivity contribution is 7.99. The van der Waals surface area contributed by atoms with Crippen LogP contribution in [0.2, 0.25) is 0 Å². The first-order valence-electron chi connectivity index (χ1n) is 8.41. The molecule has 0 unspecified atom stereocenters. The monoisotopic (exact) mass is 371 g/mol. The van der Waals surface area contributed by atoms with Crippen LogP contribution in [0.5, 0.6) is 5.75 Å². The minimum Gasteiger partial charge on any atom is -0.408 e. The normalized spacial score (nSPS) is 10.7. The van der Waals surface area contributed by atoms with Gasteiger partial charge in [0.1, 0.15) is 0 Å². The predicted molar refractivity (Wildman–Crippen MR) is 104 cm³/mol. The number of thioether (sulfide) groups is 2. The SMILES string of the molecule is CNC(=O)Oc1c(SC)cc(CCCCCCCCO)cc1SC. The van der Waals surface area contributed by atoms with Crippen LogP contribution in [0.25, 0.3) is 0 Å². The van der Waals surface area contributed by atoms with Gasteiger partial charge in [0.2, 0.25) is 0 Å². The fourth-order valence-electron chi connectivity index (χ4n) is 2.47. The summed E-state index contributed by atoms with van der Waals surface area (Å²) in [6, 6.07) is 4.27. The molecular weight excluding hydrogens is 342 g/mol. The Morgan fingerprint density at radius 2 is 1.58 bits per heavy atom. The molecule has 0 saturated heterocycles. The molecule has 0 aliphatic heterocycles. The Labute approximate surface area is 154 Å². The van der Waals surface area contributed by atoms with E-state index in [-0.39, 0.29) is 0 Å². The van der Waals surface area contributed by atoms with Crippen LogP contribution in [0.3, 0.4) is 0 Å². The highest BCUT2D eigenvalue weighted by Gasteiger charge is 2.14. The Morgan fingerprint density at radius 3 is 2.08 bits per heavy atom. The molecule has 0 saturated carbocycles. The lowest BCUT2D eigenvalue weighted by Crippen LogP contribution is -2.22. The van der Waals surface area contributed by atoms with Crippen LogP contribution in [0.1, 0.15) is 44.1 Å². The zero-order valence-electron chi connectivity index (χ0n) is 14.9. The van der Waals surface area contributed by atoms with Gasteiger partial charge in [-0.1, -0.05) is 25.7 Å². The maximum absolute atomic E-state index is 11.6. The number of aliphatic hydroxyl groups excluding tert-OH is 1. The van der Waals surface area contributed by atoms with E-state index in [4.69, 9.17) is 9.84 Å². The molecule has 24 heavy (non-hydrogen) atoms. The molecule has 0 aliphatic carbocycles. The standard InChI is InChI=1S/C18H29NO3S2/c1-19-18(21)22-17-15(23-2)12-14(13-16(17)24-3)10-8-6-4-5-7-9-11-20/h12-13,20H,4-11H2,1-3H3,(H,19,21). The average Bonchev–Trinajstić information content (AvgIpc) is 2.61. The van der Waals surface area contributed by atoms with Crippen molar-refractivity contribution in [2.24, 2.45) is 0 Å². The van der Waals surface area contributed by atoms with Crippen LogP contribution in [0, 0.1) is 0 Å². The Kier molecular flexibility index (Phi) is 11.0. The lowest BCUT2D eigenvalue weighted by atomic mass is 10.0. The predicted octanol–water partition coefficient (Wildman–Crippen LogP) is 4.72. The second-order valence-corrected chi connectivity index (χ2v) is 7.26. The molecule has 0 aromatic heterocycles. The molecule has 1 aromatic carbocycles. The van der Waals surface area contributed by atoms with Crippen molar-refractivity contribution in [3.05, 3.63) is 17.7 Å². The topological polar surface area (TPSA) is 58.6 Å². The van der Waals surface area contributed by atoms with Gasteiger partial charge in [0.15, 0.2) is 5.75 Å². The first-order valence-corrected chi connectivity index (χ1v) is 10.9. The quantitative estimate of drug-likeness (QED) is 0.435. The molecule has 2 N–H and O–H groups in total. The van der Waals surface area contributed by atoms with E-state index in [1.165, 1.54) is 24.8 Å². The third kappa shape index (κ3) is 7.36. The fraction of sp³-hybridized carbons (Fsp3) is 0.611. The van der Waals surface area contributed by atoms with E-state index >= 15 is 0 Å². The maximum atomic E-state index is 11.6. The average molecular weight is 372 g/mol. The second kappa shape index (κ2) is 12.5. The second-order valence-electron chi connectivity index (χ2n) is 5.56. The van der Waals surface area contributed by atoms with Crippen molar-refractivity contribution in [1.82, 2.24) is 5.32 Å². The molecule has 1 rings (SSSR count). The molecule has 4 nitrogen and oxygen atoms in total. The minimum absolute atomic E-state index is 0.305. The number of carbonyl (C=O) groups is 1. The van der Waals surface area contributed by atoms with Crippen molar-refractivity contribution in [2.75, 3.05) is 26.2 Å². The number of benzene rings is 1. The first-order chi connectivity index (χ1) is 11.7. The summed E-state index contributed by atoms with van der Waals surface area (Å²) < 4.78 is 5.43. The van der Waals surface area contributed by atoms with Crippen LogP contribution < -0.4 is 10.1 Å². The van der Waals surface area contributed by atoms with E-state index in [1.54, 1.807) is 30.6 Å². The number of unbranched alkanes of at least 4 members (excludes halogenated alkanes) is 5. The van der Waals surface area contributed by atoms with Crippen LogP contribution in [-0.4, -0.2) is 37.4 Å². The van der Waals surface area contributed by atoms with Crippen molar-refractivity contribution in [2.45, 2.75) is 54.7 Å². The van der Waals surface area contributed by atoms with Gasteiger partial charge in [-0.3, -0.25) is 0 Å². The van der Waals surface area contributed by atoms with Gasteiger partial charge in [0.05, 0.1) is 9.79 Å². The molecule has 0 spiro atoms. The summed E-state index contributed by atoms with van der Waals surface area (Å²) in [6.07, 6.45) is 11.5. The molecule has 0 fully saturated rings. The van der Waals surface area contributed by atoms with Gasteiger partial charge >= 0.3 is 6.09 Å². The summed E-state index contributed by atoms with van der Waals surface area (Å²) in [4.78, 5) is 13.6. The van der Waals surface area contributed by atoms with E-state index in [0.717, 1.165) is 35.5 Å². The van der Waals surface area contributed by atoms with Gasteiger partial charge in [-0.15, -0.1) is 23.5 Å². The Balaban J connectivity index is 2.64. The summed E-state index contributed by atoms with van der Waals surface area (Å²) in [5.41, 5.74) is 1.29. The van der Waals surface area contributed by atoms with Crippen molar-refractivity contribution in [1.29, 1.82) is 0 Å². The summed E-state index contributed by atoms with van der Waals surface area (Å²) >= 11 is 3.20. The summed E-state index contributed by atoms with van der Waals surface area (Å²) in [5, 5.41) is 11.3. The van der Waals surface area contributed by atoms with E-state index in [2.05, 4.69) is 17.4 Å². The van der Waals surface area contributed by atoms with Crippen molar-refractivity contribution < 1.29 is 14.6 Å². The molecule has 0 atom stereocenters. The lowest BCUT2D eigenvalue weighted by molar-refractivity contribution is 0.200. The Bertz CT molecular complexity index is 484. The number of hydrogen-bond donors (Lipinski definition) is 2. The number of hydrogen-bond acceptors (Lipinski definition) is 5. The number of rotatable bonds is 11. The van der Waals surface area contributed by atoms with E-state index in [0.29, 0.717) is 12.4 Å². The number of carbonyl (C=O) groups excluding carboxylic acids is 1. The van der Waals surface area contributed by atoms with Gasteiger partial charge in [-0.05, 0) is 49.5 Å². The van der Waals surface area contributed by atoms with Gasteiger partial charge in [-0.25, -0.2) is 4.79 Å². The third-order valence-electron chi connectivity index (χ3n) is 3.79. The van der Waals surface area contributed by atoms with Crippen LogP contribution in [0.4, 0.5) is 4.79 Å². The van der Waals surface area contributed by atoms with E-state index < -0.39 is 6.09 Å². The van der Waals surface area contributed by atoms with Gasteiger partial charge in [-0.2, -0.15) is 0 Å². The molecule has 0 aliphatic rings. The number of amides is 1. The highest BCUT2D eigenvalue weighted by atomic mass is 32.2. The molecular formula is C18H29NO3S2. The van der Waals surface area contributed by atoms with Crippen LogP contribution in [0.15, 0.2) is 21.9 Å². The zero-order valence-corrected chi connectivity index (χ0v) is 16.5. The molecule has 136 valence electrons. The lowest BCUT2D eigenvalue weighted by Gasteiger charge is -2.14. The van der Waals surface area contributed by atoms with Crippen molar-refractivity contribution in [3.63, 3.8) is 0 Å².